The first kappa shape index (κ1) is 42.2. The van der Waals surface area contributed by atoms with Crippen LogP contribution in [0.2, 0.25) is 0 Å². The van der Waals surface area contributed by atoms with Crippen molar-refractivity contribution in [3.63, 3.8) is 0 Å². The molecule has 3 aliphatic carbocycles. The van der Waals surface area contributed by atoms with Crippen molar-refractivity contribution in [1.82, 2.24) is 44.8 Å². The van der Waals surface area contributed by atoms with Crippen LogP contribution in [0.25, 0.3) is 22.6 Å². The number of aryl methyl sites for hydroxylation is 1. The highest BCUT2D eigenvalue weighted by molar-refractivity contribution is 6.00. The highest BCUT2D eigenvalue weighted by Crippen LogP contribution is 2.57. The number of piperidine rings is 1. The molecular weight excluding hydrogens is 822 g/mol. The van der Waals surface area contributed by atoms with Crippen molar-refractivity contribution < 1.29 is 37.2 Å². The largest absolute Gasteiger partial charge is 0.503 e. The smallest absolute Gasteiger partial charge is 0.329 e. The number of benzene rings is 2. The van der Waals surface area contributed by atoms with Gasteiger partial charge in [-0.25, -0.2) is 23.5 Å². The Morgan fingerprint density at radius 3 is 2.41 bits per heavy atom. The van der Waals surface area contributed by atoms with Crippen molar-refractivity contribution in [2.45, 2.75) is 83.1 Å². The lowest BCUT2D eigenvalue weighted by atomic mass is 9.53. The fraction of sp³-hybridized carbons (Fsp3) is 0.500. The number of nitrogens with zero attached hydrogens (tertiary/aromatic N) is 8. The van der Waals surface area contributed by atoms with Crippen molar-refractivity contribution >= 4 is 34.7 Å². The summed E-state index contributed by atoms with van der Waals surface area (Å²) in [6.07, 6.45) is 7.38. The van der Waals surface area contributed by atoms with Crippen LogP contribution >= 0.6 is 0 Å². The summed E-state index contributed by atoms with van der Waals surface area (Å²) < 4.78 is 50.9. The molecular formula is C44H49F3N10O6. The van der Waals surface area contributed by atoms with E-state index in [4.69, 9.17) is 14.5 Å². The zero-order valence-electron chi connectivity index (χ0n) is 35.3. The van der Waals surface area contributed by atoms with Gasteiger partial charge in [0.15, 0.2) is 23.2 Å². The molecule has 2 bridgehead atoms. The Morgan fingerprint density at radius 2 is 1.70 bits per heavy atom. The average Bonchev–Trinajstić information content (AvgIpc) is 3.88. The predicted octanol–water partition coefficient (Wildman–Crippen LogP) is 4.69. The van der Waals surface area contributed by atoms with E-state index < -0.39 is 46.6 Å². The van der Waals surface area contributed by atoms with Crippen LogP contribution in [0.3, 0.4) is 0 Å². The van der Waals surface area contributed by atoms with E-state index in [1.165, 1.54) is 4.57 Å². The Kier molecular flexibility index (Phi) is 10.7. The van der Waals surface area contributed by atoms with Crippen LogP contribution in [0.15, 0.2) is 45.8 Å². The van der Waals surface area contributed by atoms with Gasteiger partial charge in [-0.05, 0) is 92.0 Å². The lowest BCUT2D eigenvalue weighted by Gasteiger charge is -2.52. The fourth-order valence-corrected chi connectivity index (χ4v) is 10.2. The van der Waals surface area contributed by atoms with Gasteiger partial charge in [0.2, 0.25) is 23.6 Å². The summed E-state index contributed by atoms with van der Waals surface area (Å²) in [6, 6.07) is 7.47. The number of fused-ring (bicyclic) bond motifs is 4. The molecule has 332 valence electrons. The summed E-state index contributed by atoms with van der Waals surface area (Å²) >= 11 is 0. The molecule has 3 aromatic heterocycles. The molecule has 63 heavy (non-hydrogen) atoms. The minimum Gasteiger partial charge on any atom is -0.503 e. The van der Waals surface area contributed by atoms with Crippen LogP contribution in [0, 0.1) is 28.3 Å². The number of piperazine rings is 1. The van der Waals surface area contributed by atoms with Crippen molar-refractivity contribution in [3.8, 4) is 17.3 Å². The number of hydrogen-bond donors (Lipinski definition) is 3. The first-order chi connectivity index (χ1) is 30.0. The van der Waals surface area contributed by atoms with Crippen LogP contribution in [-0.2, 0) is 28.5 Å². The van der Waals surface area contributed by atoms with E-state index in [2.05, 4.69) is 44.4 Å². The lowest BCUT2D eigenvalue weighted by Crippen LogP contribution is -2.49. The third-order valence-corrected chi connectivity index (χ3v) is 13.8. The van der Waals surface area contributed by atoms with Gasteiger partial charge in [0, 0.05) is 64.3 Å². The molecule has 3 N–H and O–H groups in total. The number of imide groups is 1. The van der Waals surface area contributed by atoms with Gasteiger partial charge in [-0.1, -0.05) is 25.1 Å². The molecule has 3 saturated carbocycles. The van der Waals surface area contributed by atoms with Crippen LogP contribution in [0.5, 0.6) is 5.75 Å². The second-order valence-corrected chi connectivity index (χ2v) is 18.6. The summed E-state index contributed by atoms with van der Waals surface area (Å²) in [5.74, 6) is -6.49. The minimum absolute atomic E-state index is 0.0976. The van der Waals surface area contributed by atoms with Crippen molar-refractivity contribution in [2.75, 3.05) is 44.2 Å². The number of carbonyl (C=O) groups is 3. The first-order valence-corrected chi connectivity index (χ1v) is 21.4. The molecule has 5 fully saturated rings. The topological polar surface area (TPSA) is 194 Å². The molecule has 0 spiro atoms. The maximum atomic E-state index is 14.3. The van der Waals surface area contributed by atoms with Crippen LogP contribution in [0.1, 0.15) is 93.0 Å². The zero-order valence-corrected chi connectivity index (χ0v) is 35.3. The van der Waals surface area contributed by atoms with E-state index in [1.54, 1.807) is 23.9 Å². The van der Waals surface area contributed by atoms with Crippen LogP contribution < -0.4 is 21.2 Å². The normalized spacial score (nSPS) is 23.1. The number of aromatic nitrogens is 6. The van der Waals surface area contributed by atoms with Gasteiger partial charge in [-0.15, -0.1) is 0 Å². The highest BCUT2D eigenvalue weighted by Gasteiger charge is 2.52. The monoisotopic (exact) mass is 870 g/mol. The van der Waals surface area contributed by atoms with Crippen molar-refractivity contribution in [2.24, 2.45) is 17.9 Å². The number of carbonyl (C=O) groups excluding carboxylic acids is 3. The van der Waals surface area contributed by atoms with Gasteiger partial charge < -0.3 is 19.8 Å². The summed E-state index contributed by atoms with van der Waals surface area (Å²) in [5, 5.41) is 18.8. The number of halogens is 3. The number of phenols is 1. The molecule has 5 aromatic rings. The molecule has 16 nitrogen and oxygen atoms in total. The Morgan fingerprint density at radius 1 is 0.968 bits per heavy atom. The van der Waals surface area contributed by atoms with E-state index in [1.807, 2.05) is 18.2 Å². The van der Waals surface area contributed by atoms with Crippen LogP contribution in [-0.4, -0.2) is 96.2 Å². The maximum Gasteiger partial charge on any atom is 0.329 e. The quantitative estimate of drug-likeness (QED) is 0.123. The van der Waals surface area contributed by atoms with Gasteiger partial charge in [0.1, 0.15) is 11.7 Å². The van der Waals surface area contributed by atoms with E-state index in [0.29, 0.717) is 34.9 Å². The molecule has 19 heteroatoms. The van der Waals surface area contributed by atoms with Gasteiger partial charge in [-0.3, -0.25) is 33.7 Å². The summed E-state index contributed by atoms with van der Waals surface area (Å²) in [4.78, 5) is 69.2. The number of anilines is 1. The second kappa shape index (κ2) is 15.9. The third kappa shape index (κ3) is 7.84. The van der Waals surface area contributed by atoms with E-state index in [9.17, 15) is 37.5 Å². The lowest BCUT2D eigenvalue weighted by molar-refractivity contribution is -0.135. The van der Waals surface area contributed by atoms with Gasteiger partial charge >= 0.3 is 5.69 Å². The summed E-state index contributed by atoms with van der Waals surface area (Å²) in [5.41, 5.74) is 1.28. The molecule has 1 unspecified atom stereocenters. The number of phenolic OH excluding ortho intramolecular Hbond substituents is 1. The second-order valence-electron chi connectivity index (χ2n) is 18.6. The number of imidazole rings is 1. The maximum absolute atomic E-state index is 14.3. The zero-order chi connectivity index (χ0) is 44.4. The SMILES string of the molecule is Cn1c(=O)n(C2CCC(=O)NC2=O)c2ccc(CC(C)(C)CN3CCN(c4nccc(-c5nc(C67CCC(CNC(=O)c8cc(F)c(O)c(F)c8F)(CC6)CC7)no5)n4)CC3)cc21. The molecule has 10 rings (SSSR count). The van der Waals surface area contributed by atoms with Crippen molar-refractivity contribution in [3.05, 3.63) is 81.4 Å². The number of nitrogens with one attached hydrogen (secondary N) is 2. The summed E-state index contributed by atoms with van der Waals surface area (Å²) in [7, 11) is 1.71. The number of rotatable bonds is 11. The molecule has 1 atom stereocenters. The van der Waals surface area contributed by atoms with E-state index >= 15 is 0 Å². The highest BCUT2D eigenvalue weighted by atomic mass is 19.2. The predicted molar refractivity (Wildman–Crippen MR) is 222 cm³/mol. The van der Waals surface area contributed by atoms with Gasteiger partial charge in [-0.2, -0.15) is 9.37 Å². The Labute approximate surface area is 359 Å². The molecule has 0 radical (unpaired) electrons. The Hall–Kier alpha value is -6.11. The van der Waals surface area contributed by atoms with Gasteiger partial charge in [0.05, 0.1) is 16.6 Å². The Bertz CT molecular complexity index is 2680. The number of amides is 3. The number of aromatic hydroxyl groups is 1. The molecule has 5 heterocycles. The molecule has 2 saturated heterocycles. The third-order valence-electron chi connectivity index (χ3n) is 13.8. The fourth-order valence-electron chi connectivity index (χ4n) is 10.2. The van der Waals surface area contributed by atoms with E-state index in [0.717, 1.165) is 88.7 Å². The molecule has 5 aliphatic rings. The summed E-state index contributed by atoms with van der Waals surface area (Å²) in [6.45, 7) is 8.59. The van der Waals surface area contributed by atoms with E-state index in [-0.39, 0.29) is 47.2 Å². The van der Waals surface area contributed by atoms with Crippen molar-refractivity contribution in [1.29, 1.82) is 0 Å². The molecule has 2 aromatic carbocycles. The average molecular weight is 871 g/mol. The molecule has 3 amide bonds. The van der Waals surface area contributed by atoms with Gasteiger partial charge in [0.25, 0.3) is 11.8 Å². The van der Waals surface area contributed by atoms with Crippen LogP contribution in [0.4, 0.5) is 19.1 Å². The standard InChI is InChI=1S/C44H49F3N10O6/c1-42(2,22-25-4-5-29-31(20-25)54(3)41(62)57(29)30-6-7-32(58)51-37(30)61)24-55-16-18-56(19-17-55)40-48-15-8-28(50-40)38-52-39(53-63-38)44-12-9-43(10-13-44,11-14-44)23-49-36(60)26-21-27(45)35(59)34(47)33(26)46/h4-5,8,15,20-21,30,59H,6-7,9-14,16-19,22-24H2,1-3H3,(H,49,60)(H,51,58,61). The molecule has 2 aliphatic heterocycles. The Balaban J connectivity index is 0.786. The minimum atomic E-state index is -1.80. The first-order valence-electron chi connectivity index (χ1n) is 21.4. The number of hydrogen-bond acceptors (Lipinski definition) is 12.